The molecule has 0 N–H and O–H groups in total. The minimum Gasteiger partial charge on any atom is -0.294 e. The molecule has 0 bridgehead atoms. The van der Waals surface area contributed by atoms with Crippen LogP contribution in [-0.4, -0.2) is 29.0 Å². The Bertz CT molecular complexity index is 857. The smallest absolute Gasteiger partial charge is 0.261 e. The van der Waals surface area contributed by atoms with Crippen LogP contribution in [0.1, 0.15) is 50.5 Å². The van der Waals surface area contributed by atoms with Crippen LogP contribution in [-0.2, 0) is 6.42 Å². The second kappa shape index (κ2) is 4.26. The zero-order valence-corrected chi connectivity index (χ0v) is 12.5. The topological polar surface area (TPSA) is 54.5 Å². The van der Waals surface area contributed by atoms with E-state index in [0.717, 1.165) is 10.9 Å². The minimum absolute atomic E-state index is 0.0585. The average molecular weight is 293 g/mol. The molecular weight excluding hydrogens is 278 g/mol. The third-order valence-corrected chi connectivity index (χ3v) is 4.40. The number of benzene rings is 2. The van der Waals surface area contributed by atoms with Crippen molar-refractivity contribution < 1.29 is 14.4 Å². The molecule has 0 atom stereocenters. The van der Waals surface area contributed by atoms with E-state index in [0.29, 0.717) is 35.0 Å². The van der Waals surface area contributed by atoms with E-state index in [9.17, 15) is 14.4 Å². The van der Waals surface area contributed by atoms with E-state index in [1.165, 1.54) is 4.90 Å². The van der Waals surface area contributed by atoms with Crippen LogP contribution in [0.2, 0.25) is 0 Å². The van der Waals surface area contributed by atoms with Crippen LogP contribution in [0.25, 0.3) is 10.8 Å². The Kier molecular flexibility index (Phi) is 2.55. The molecule has 4 nitrogen and oxygen atoms in total. The highest BCUT2D eigenvalue weighted by molar-refractivity contribution is 6.29. The average Bonchev–Trinajstić information content (AvgIpc) is 2.81. The quantitative estimate of drug-likeness (QED) is 0.800. The summed E-state index contributed by atoms with van der Waals surface area (Å²) in [6.45, 7) is 4.36. The first-order valence-corrected chi connectivity index (χ1v) is 7.47. The molecular formula is C18H15NO3. The zero-order valence-electron chi connectivity index (χ0n) is 12.5. The van der Waals surface area contributed by atoms with Crippen LogP contribution in [0.3, 0.4) is 0 Å². The molecule has 0 unspecified atom stereocenters. The number of ketones is 1. The second-order valence-electron chi connectivity index (χ2n) is 6.40. The molecule has 1 aliphatic heterocycles. The molecule has 0 radical (unpaired) electrons. The molecule has 2 amide bonds. The first kappa shape index (κ1) is 13.2. The lowest BCUT2D eigenvalue weighted by Crippen LogP contribution is -2.42. The fraction of sp³-hybridized carbons (Fsp3) is 0.278. The molecule has 22 heavy (non-hydrogen) atoms. The highest BCUT2D eigenvalue weighted by Crippen LogP contribution is 2.38. The predicted molar refractivity (Wildman–Crippen MR) is 82.2 cm³/mol. The molecule has 4 heteroatoms. The molecule has 0 saturated carbocycles. The molecule has 1 aliphatic carbocycles. The lowest BCUT2D eigenvalue weighted by atomic mass is 9.91. The van der Waals surface area contributed by atoms with Gasteiger partial charge in [0.25, 0.3) is 11.8 Å². The normalized spacial score (nSPS) is 16.3. The van der Waals surface area contributed by atoms with Crippen LogP contribution < -0.4 is 0 Å². The summed E-state index contributed by atoms with van der Waals surface area (Å²) in [6.07, 6.45) is 0.355. The van der Waals surface area contributed by atoms with Crippen molar-refractivity contribution in [3.05, 3.63) is 46.5 Å². The molecule has 2 aromatic rings. The highest BCUT2D eigenvalue weighted by atomic mass is 16.2. The summed E-state index contributed by atoms with van der Waals surface area (Å²) in [6, 6.07) is 7.01. The van der Waals surface area contributed by atoms with Gasteiger partial charge in [0, 0.05) is 35.0 Å². The summed E-state index contributed by atoms with van der Waals surface area (Å²) in [7, 11) is 0. The summed E-state index contributed by atoms with van der Waals surface area (Å²) in [4.78, 5) is 38.8. The van der Waals surface area contributed by atoms with Crippen LogP contribution in [0.5, 0.6) is 0 Å². The maximum atomic E-state index is 12.7. The van der Waals surface area contributed by atoms with Gasteiger partial charge in [0.2, 0.25) is 0 Å². The number of amides is 2. The fourth-order valence-electron chi connectivity index (χ4n) is 3.48. The third-order valence-electron chi connectivity index (χ3n) is 4.40. The molecule has 2 aliphatic rings. The van der Waals surface area contributed by atoms with Crippen molar-refractivity contribution in [3.8, 4) is 0 Å². The molecule has 0 saturated heterocycles. The lowest BCUT2D eigenvalue weighted by Gasteiger charge is -2.28. The summed E-state index contributed by atoms with van der Waals surface area (Å²) in [5.74, 6) is -0.243. The molecule has 110 valence electrons. The van der Waals surface area contributed by atoms with Crippen molar-refractivity contribution in [1.82, 2.24) is 4.90 Å². The third kappa shape index (κ3) is 1.55. The largest absolute Gasteiger partial charge is 0.294 e. The van der Waals surface area contributed by atoms with E-state index in [2.05, 4.69) is 0 Å². The van der Waals surface area contributed by atoms with Crippen molar-refractivity contribution in [3.63, 3.8) is 0 Å². The summed E-state index contributed by atoms with van der Waals surface area (Å²) in [5, 5.41) is 1.46. The Hall–Kier alpha value is -2.49. The number of imide groups is 1. The van der Waals surface area contributed by atoms with Crippen LogP contribution in [0, 0.1) is 5.92 Å². The van der Waals surface area contributed by atoms with E-state index in [4.69, 9.17) is 0 Å². The van der Waals surface area contributed by atoms with Gasteiger partial charge in [-0.05, 0) is 35.1 Å². The van der Waals surface area contributed by atoms with E-state index >= 15 is 0 Å². The Balaban J connectivity index is 2.03. The van der Waals surface area contributed by atoms with Gasteiger partial charge in [-0.1, -0.05) is 19.9 Å². The second-order valence-corrected chi connectivity index (χ2v) is 6.40. The van der Waals surface area contributed by atoms with Gasteiger partial charge in [-0.15, -0.1) is 0 Å². The number of rotatable bonds is 2. The molecule has 2 aromatic carbocycles. The minimum atomic E-state index is -0.255. The van der Waals surface area contributed by atoms with Crippen molar-refractivity contribution in [2.24, 2.45) is 5.92 Å². The van der Waals surface area contributed by atoms with Gasteiger partial charge in [0.15, 0.2) is 5.78 Å². The van der Waals surface area contributed by atoms with Crippen molar-refractivity contribution in [2.75, 3.05) is 6.54 Å². The van der Waals surface area contributed by atoms with E-state index in [1.54, 1.807) is 18.2 Å². The first-order chi connectivity index (χ1) is 10.5. The maximum absolute atomic E-state index is 12.7. The van der Waals surface area contributed by atoms with Gasteiger partial charge < -0.3 is 0 Å². The van der Waals surface area contributed by atoms with Crippen molar-refractivity contribution in [1.29, 1.82) is 0 Å². The zero-order chi connectivity index (χ0) is 15.6. The van der Waals surface area contributed by atoms with E-state index in [1.807, 2.05) is 19.9 Å². The number of carbonyl (C=O) groups is 3. The Morgan fingerprint density at radius 3 is 2.14 bits per heavy atom. The molecule has 4 rings (SSSR count). The molecule has 0 aromatic heterocycles. The van der Waals surface area contributed by atoms with Gasteiger partial charge in [-0.2, -0.15) is 0 Å². The number of Topliss-reactive ketones (excluding diaryl/α,β-unsaturated/α-hetero) is 1. The van der Waals surface area contributed by atoms with E-state index < -0.39 is 0 Å². The van der Waals surface area contributed by atoms with Crippen LogP contribution in [0.4, 0.5) is 0 Å². The summed E-state index contributed by atoms with van der Waals surface area (Å²) >= 11 is 0. The Labute approximate surface area is 127 Å². The predicted octanol–water partition coefficient (Wildman–Crippen LogP) is 2.83. The number of hydrogen-bond acceptors (Lipinski definition) is 3. The fourth-order valence-corrected chi connectivity index (χ4v) is 3.48. The number of nitrogens with zero attached hydrogens (tertiary/aromatic N) is 1. The summed E-state index contributed by atoms with van der Waals surface area (Å²) in [5.41, 5.74) is 2.61. The Morgan fingerprint density at radius 1 is 0.909 bits per heavy atom. The van der Waals surface area contributed by atoms with Gasteiger partial charge in [0.05, 0.1) is 0 Å². The highest BCUT2D eigenvalue weighted by Gasteiger charge is 2.36. The van der Waals surface area contributed by atoms with Gasteiger partial charge in [-0.25, -0.2) is 0 Å². The van der Waals surface area contributed by atoms with Gasteiger partial charge >= 0.3 is 0 Å². The van der Waals surface area contributed by atoms with Crippen molar-refractivity contribution in [2.45, 2.75) is 20.3 Å². The molecule has 0 spiro atoms. The molecule has 0 fully saturated rings. The Morgan fingerprint density at radius 2 is 1.50 bits per heavy atom. The SMILES string of the molecule is CC(C)CN1C(=O)c2ccc3c4c(ccc(c24)C1=O)C(=O)C3. The standard InChI is InChI=1S/C18H15NO3/c1-9(2)8-19-17(21)12-4-3-10-7-14(20)11-5-6-13(18(19)22)16(12)15(10)11/h3-6,9H,7-8H2,1-2H3. The number of hydrogen-bond donors (Lipinski definition) is 0. The number of carbonyl (C=O) groups excluding carboxylic acids is 3. The maximum Gasteiger partial charge on any atom is 0.261 e. The van der Waals surface area contributed by atoms with Crippen LogP contribution in [0.15, 0.2) is 24.3 Å². The van der Waals surface area contributed by atoms with Gasteiger partial charge in [0.1, 0.15) is 0 Å². The van der Waals surface area contributed by atoms with Crippen LogP contribution >= 0.6 is 0 Å². The van der Waals surface area contributed by atoms with Gasteiger partial charge in [-0.3, -0.25) is 19.3 Å². The molecule has 1 heterocycles. The lowest BCUT2D eigenvalue weighted by molar-refractivity contribution is 0.0592. The summed E-state index contributed by atoms with van der Waals surface area (Å²) < 4.78 is 0. The van der Waals surface area contributed by atoms with E-state index in [-0.39, 0.29) is 23.5 Å². The van der Waals surface area contributed by atoms with Crippen molar-refractivity contribution >= 4 is 28.4 Å². The first-order valence-electron chi connectivity index (χ1n) is 7.47. The monoisotopic (exact) mass is 293 g/mol.